The van der Waals surface area contributed by atoms with Gasteiger partial charge in [0.25, 0.3) is 0 Å². The van der Waals surface area contributed by atoms with Gasteiger partial charge in [0, 0.05) is 27.5 Å². The summed E-state index contributed by atoms with van der Waals surface area (Å²) in [5.41, 5.74) is 17.8. The summed E-state index contributed by atoms with van der Waals surface area (Å²) < 4.78 is 0. The number of benzene rings is 6. The molecule has 1 spiro atoms. The Hall–Kier alpha value is -6.19. The molecule has 0 saturated carbocycles. The number of nitrogens with zero attached hydrogens (tertiary/aromatic N) is 3. The summed E-state index contributed by atoms with van der Waals surface area (Å²) in [7, 11) is 0. The smallest absolute Gasteiger partial charge is 0.164 e. The van der Waals surface area contributed by atoms with Gasteiger partial charge in [-0.15, -0.1) is 0 Å². The summed E-state index contributed by atoms with van der Waals surface area (Å²) in [6.45, 7) is 13.8. The fourth-order valence-corrected chi connectivity index (χ4v) is 10.2. The average molecular weight is 710 g/mol. The van der Waals surface area contributed by atoms with Crippen molar-refractivity contribution in [2.45, 2.75) is 57.8 Å². The van der Waals surface area contributed by atoms with Crippen LogP contribution in [0.3, 0.4) is 0 Å². The van der Waals surface area contributed by atoms with E-state index in [0.29, 0.717) is 17.5 Å². The molecule has 1 aromatic heterocycles. The van der Waals surface area contributed by atoms with Crippen molar-refractivity contribution in [2.75, 3.05) is 0 Å². The maximum Gasteiger partial charge on any atom is 0.164 e. The van der Waals surface area contributed by atoms with E-state index >= 15 is 0 Å². The maximum atomic E-state index is 5.40. The SMILES string of the molecule is C/C=C\C1=C(C)C2(c3ccccc3C(C)(C)c3ccccc32)c2cccc(-c3nc(-c4ccccc4)nc(-c4ccc5c(c4)C(C)(C)c4ccccc4-5)n3)c21. The van der Waals surface area contributed by atoms with Crippen molar-refractivity contribution in [3.63, 3.8) is 0 Å². The Bertz CT molecular complexity index is 2730. The molecule has 3 aliphatic carbocycles. The molecule has 0 radical (unpaired) electrons. The van der Waals surface area contributed by atoms with Crippen molar-refractivity contribution < 1.29 is 0 Å². The molecule has 7 aromatic rings. The first-order chi connectivity index (χ1) is 26.7. The molecule has 0 amide bonds. The van der Waals surface area contributed by atoms with Crippen molar-refractivity contribution in [3.8, 4) is 45.3 Å². The monoisotopic (exact) mass is 709 g/mol. The highest BCUT2D eigenvalue weighted by atomic mass is 15.0. The molecule has 6 aromatic carbocycles. The number of hydrogen-bond acceptors (Lipinski definition) is 3. The van der Waals surface area contributed by atoms with Crippen LogP contribution in [0.4, 0.5) is 0 Å². The summed E-state index contributed by atoms with van der Waals surface area (Å²) in [5.74, 6) is 2.01. The van der Waals surface area contributed by atoms with Crippen LogP contribution in [0.5, 0.6) is 0 Å². The fourth-order valence-electron chi connectivity index (χ4n) is 10.2. The Labute approximate surface area is 324 Å². The maximum absolute atomic E-state index is 5.40. The van der Waals surface area contributed by atoms with E-state index in [0.717, 1.165) is 16.7 Å². The van der Waals surface area contributed by atoms with Gasteiger partial charge in [0.2, 0.25) is 0 Å². The third-order valence-corrected chi connectivity index (χ3v) is 12.8. The van der Waals surface area contributed by atoms with Crippen molar-refractivity contribution in [2.24, 2.45) is 0 Å². The van der Waals surface area contributed by atoms with Crippen molar-refractivity contribution in [1.29, 1.82) is 0 Å². The molecule has 3 heteroatoms. The first-order valence-electron chi connectivity index (χ1n) is 19.4. The lowest BCUT2D eigenvalue weighted by Crippen LogP contribution is -2.40. The zero-order valence-corrected chi connectivity index (χ0v) is 32.3. The molecule has 10 rings (SSSR count). The van der Waals surface area contributed by atoms with Crippen LogP contribution in [-0.4, -0.2) is 15.0 Å². The lowest BCUT2D eigenvalue weighted by molar-refractivity contribution is 0.558. The molecular formula is C52H43N3. The van der Waals surface area contributed by atoms with Crippen LogP contribution >= 0.6 is 0 Å². The van der Waals surface area contributed by atoms with Crippen LogP contribution in [0, 0.1) is 0 Å². The second kappa shape index (κ2) is 11.9. The van der Waals surface area contributed by atoms with Crippen LogP contribution in [0.2, 0.25) is 0 Å². The Morgan fingerprint density at radius 1 is 0.436 bits per heavy atom. The molecule has 55 heavy (non-hydrogen) atoms. The molecule has 0 bridgehead atoms. The molecular weight excluding hydrogens is 667 g/mol. The molecule has 0 atom stereocenters. The van der Waals surface area contributed by atoms with Gasteiger partial charge in [-0.2, -0.15) is 0 Å². The molecule has 266 valence electrons. The molecule has 0 aliphatic heterocycles. The van der Waals surface area contributed by atoms with Gasteiger partial charge in [-0.25, -0.2) is 15.0 Å². The van der Waals surface area contributed by atoms with Crippen LogP contribution < -0.4 is 0 Å². The third-order valence-electron chi connectivity index (χ3n) is 12.8. The summed E-state index contributed by atoms with van der Waals surface area (Å²) >= 11 is 0. The number of fused-ring (bicyclic) bond motifs is 9. The number of hydrogen-bond donors (Lipinski definition) is 0. The van der Waals surface area contributed by atoms with Gasteiger partial charge in [0.1, 0.15) is 0 Å². The minimum Gasteiger partial charge on any atom is -0.208 e. The van der Waals surface area contributed by atoms with E-state index in [1.54, 1.807) is 0 Å². The highest BCUT2D eigenvalue weighted by Crippen LogP contribution is 2.62. The number of allylic oxidation sites excluding steroid dienone is 4. The van der Waals surface area contributed by atoms with Gasteiger partial charge in [-0.1, -0.05) is 173 Å². The molecule has 3 aliphatic rings. The normalized spacial score (nSPS) is 16.5. The van der Waals surface area contributed by atoms with E-state index in [1.165, 1.54) is 66.8 Å². The fraction of sp³-hybridized carbons (Fsp3) is 0.173. The first-order valence-corrected chi connectivity index (χ1v) is 19.4. The van der Waals surface area contributed by atoms with Crippen molar-refractivity contribution >= 4 is 5.57 Å². The Balaban J connectivity index is 1.24. The Morgan fingerprint density at radius 2 is 0.945 bits per heavy atom. The molecule has 0 N–H and O–H groups in total. The van der Waals surface area contributed by atoms with Gasteiger partial charge in [0.15, 0.2) is 17.5 Å². The lowest BCUT2D eigenvalue weighted by atomic mass is 9.55. The van der Waals surface area contributed by atoms with Crippen LogP contribution in [0.15, 0.2) is 157 Å². The van der Waals surface area contributed by atoms with Crippen LogP contribution in [-0.2, 0) is 16.2 Å². The number of aromatic nitrogens is 3. The van der Waals surface area contributed by atoms with Gasteiger partial charge in [-0.05, 0) is 86.7 Å². The van der Waals surface area contributed by atoms with E-state index in [1.807, 2.05) is 18.2 Å². The number of rotatable bonds is 4. The van der Waals surface area contributed by atoms with Crippen molar-refractivity contribution in [3.05, 3.63) is 202 Å². The standard InChI is InChI=1S/C52H43N3/c1-7-18-35-32(2)52(42-26-15-13-24-40(42)51(5,6)41-25-14-16-27-43(41)52)44-28-17-22-38(46(35)44)49-54-47(33-19-9-8-10-20-33)53-48(55-49)34-29-30-37-36-21-11-12-23-39(36)50(3,4)45(37)31-34/h7-31H,1-6H3/b18-7-. The quantitative estimate of drug-likeness (QED) is 0.183. The van der Waals surface area contributed by atoms with E-state index in [4.69, 9.17) is 15.0 Å². The Morgan fingerprint density at radius 3 is 1.62 bits per heavy atom. The first kappa shape index (κ1) is 33.4. The van der Waals surface area contributed by atoms with E-state index in [9.17, 15) is 0 Å². The van der Waals surface area contributed by atoms with Crippen molar-refractivity contribution in [1.82, 2.24) is 15.0 Å². The highest BCUT2D eigenvalue weighted by molar-refractivity contribution is 5.96. The largest absolute Gasteiger partial charge is 0.208 e. The summed E-state index contributed by atoms with van der Waals surface area (Å²) in [4.78, 5) is 15.9. The molecule has 1 heterocycles. The minimum atomic E-state index is -0.471. The highest BCUT2D eigenvalue weighted by Gasteiger charge is 2.53. The molecule has 0 saturated heterocycles. The predicted molar refractivity (Wildman–Crippen MR) is 226 cm³/mol. The summed E-state index contributed by atoms with van der Waals surface area (Å²) in [6.07, 6.45) is 4.46. The predicted octanol–water partition coefficient (Wildman–Crippen LogP) is 12.5. The molecule has 0 fully saturated rings. The molecule has 3 nitrogen and oxygen atoms in total. The second-order valence-electron chi connectivity index (χ2n) is 16.3. The second-order valence-corrected chi connectivity index (χ2v) is 16.3. The third kappa shape index (κ3) is 4.53. The zero-order valence-electron chi connectivity index (χ0n) is 32.3. The average Bonchev–Trinajstić information content (AvgIpc) is 3.61. The van der Waals surface area contributed by atoms with Gasteiger partial charge in [-0.3, -0.25) is 0 Å². The lowest BCUT2D eigenvalue weighted by Gasteiger charge is -2.47. The zero-order chi connectivity index (χ0) is 37.7. The molecule has 0 unspecified atom stereocenters. The van der Waals surface area contributed by atoms with Crippen LogP contribution in [0.25, 0.3) is 50.9 Å². The van der Waals surface area contributed by atoms with E-state index in [2.05, 4.69) is 175 Å². The van der Waals surface area contributed by atoms with Gasteiger partial charge >= 0.3 is 0 Å². The minimum absolute atomic E-state index is 0.139. The Kier molecular flexibility index (Phi) is 7.23. The van der Waals surface area contributed by atoms with E-state index in [-0.39, 0.29) is 10.8 Å². The van der Waals surface area contributed by atoms with Gasteiger partial charge in [0.05, 0.1) is 5.41 Å². The summed E-state index contributed by atoms with van der Waals surface area (Å²) in [5, 5.41) is 0. The van der Waals surface area contributed by atoms with E-state index < -0.39 is 5.41 Å². The topological polar surface area (TPSA) is 38.7 Å². The van der Waals surface area contributed by atoms with Gasteiger partial charge < -0.3 is 0 Å². The van der Waals surface area contributed by atoms with Crippen LogP contribution in [0.1, 0.15) is 86.1 Å². The summed E-state index contributed by atoms with van der Waals surface area (Å²) in [6, 6.07) is 50.7.